The second-order valence-electron chi connectivity index (χ2n) is 10.8. The number of alkyl carbamates (subject to hydrolysis) is 1. The van der Waals surface area contributed by atoms with Gasteiger partial charge in [0, 0.05) is 44.1 Å². The molecule has 1 amide bonds. The number of ether oxygens (including phenoxy) is 3. The van der Waals surface area contributed by atoms with Gasteiger partial charge in [0.05, 0.1) is 6.04 Å². The van der Waals surface area contributed by atoms with E-state index in [1.165, 1.54) is 0 Å². The van der Waals surface area contributed by atoms with Gasteiger partial charge >= 0.3 is 12.1 Å². The first-order valence-electron chi connectivity index (χ1n) is 12.0. The highest BCUT2D eigenvalue weighted by atomic mass is 16.8. The number of aryl methyl sites for hydroxylation is 1. The number of esters is 1. The molecule has 2 atom stereocenters. The Balaban J connectivity index is 2.50. The van der Waals surface area contributed by atoms with Gasteiger partial charge in [0.1, 0.15) is 5.60 Å². The van der Waals surface area contributed by atoms with Crippen molar-refractivity contribution >= 4 is 12.1 Å². The molecule has 0 radical (unpaired) electrons. The Morgan fingerprint density at radius 3 is 2.50 bits per heavy atom. The SMILES string of the molecule is CCCC#Cc1cc(C[C@]2([C@H](CC(C)C)NC(=O)OC(C)(C)C)OC(C)(C)OC2=O)ncc1C. The van der Waals surface area contributed by atoms with Crippen molar-refractivity contribution in [3.63, 3.8) is 0 Å². The van der Waals surface area contributed by atoms with Crippen LogP contribution in [0.3, 0.4) is 0 Å². The molecule has 0 saturated carbocycles. The molecule has 2 rings (SSSR count). The van der Waals surface area contributed by atoms with Crippen LogP contribution in [0.1, 0.15) is 91.5 Å². The molecule has 2 heterocycles. The minimum absolute atomic E-state index is 0.130. The van der Waals surface area contributed by atoms with Gasteiger partial charge < -0.3 is 19.5 Å². The number of cyclic esters (lactones) is 1. The van der Waals surface area contributed by atoms with Gasteiger partial charge in [-0.15, -0.1) is 0 Å². The Bertz CT molecular complexity index is 952. The first-order chi connectivity index (χ1) is 15.7. The maximum absolute atomic E-state index is 13.4. The van der Waals surface area contributed by atoms with Crippen molar-refractivity contribution in [3.05, 3.63) is 29.1 Å². The van der Waals surface area contributed by atoms with Gasteiger partial charge in [0.2, 0.25) is 5.79 Å². The fourth-order valence-electron chi connectivity index (χ4n) is 3.89. The number of aromatic nitrogens is 1. The molecule has 0 bridgehead atoms. The van der Waals surface area contributed by atoms with E-state index in [1.807, 2.05) is 26.8 Å². The van der Waals surface area contributed by atoms with Crippen molar-refractivity contribution in [2.24, 2.45) is 5.92 Å². The summed E-state index contributed by atoms with van der Waals surface area (Å²) in [5.41, 5.74) is 0.324. The summed E-state index contributed by atoms with van der Waals surface area (Å²) in [6, 6.07) is 1.20. The van der Waals surface area contributed by atoms with Crippen LogP contribution in [-0.4, -0.2) is 40.1 Å². The molecule has 1 aliphatic rings. The van der Waals surface area contributed by atoms with E-state index >= 15 is 0 Å². The number of unbranched alkanes of at least 4 members (excludes halogenated alkanes) is 1. The van der Waals surface area contributed by atoms with Crippen LogP contribution in [0.25, 0.3) is 0 Å². The summed E-state index contributed by atoms with van der Waals surface area (Å²) in [4.78, 5) is 30.7. The lowest BCUT2D eigenvalue weighted by atomic mass is 9.83. The smallest absolute Gasteiger partial charge is 0.407 e. The Labute approximate surface area is 204 Å². The van der Waals surface area contributed by atoms with Crippen LogP contribution in [0.15, 0.2) is 12.3 Å². The molecule has 1 saturated heterocycles. The van der Waals surface area contributed by atoms with Gasteiger partial charge in [0.15, 0.2) is 5.60 Å². The molecule has 1 aromatic heterocycles. The summed E-state index contributed by atoms with van der Waals surface area (Å²) < 4.78 is 17.4. The minimum Gasteiger partial charge on any atom is -0.444 e. The summed E-state index contributed by atoms with van der Waals surface area (Å²) >= 11 is 0. The molecule has 188 valence electrons. The number of nitrogens with one attached hydrogen (secondary N) is 1. The third kappa shape index (κ3) is 7.46. The van der Waals surface area contributed by atoms with Crippen LogP contribution in [0.4, 0.5) is 4.79 Å². The lowest BCUT2D eigenvalue weighted by molar-refractivity contribution is -0.170. The predicted octanol–water partition coefficient (Wildman–Crippen LogP) is 5.07. The van der Waals surface area contributed by atoms with E-state index in [9.17, 15) is 9.59 Å². The zero-order chi connectivity index (χ0) is 25.7. The van der Waals surface area contributed by atoms with Crippen LogP contribution in [0.5, 0.6) is 0 Å². The fraction of sp³-hybridized carbons (Fsp3) is 0.667. The molecule has 7 nitrogen and oxygen atoms in total. The highest BCUT2D eigenvalue weighted by molar-refractivity contribution is 5.84. The minimum atomic E-state index is -1.46. The molecule has 0 aliphatic carbocycles. The average Bonchev–Trinajstić information content (AvgIpc) is 2.90. The first kappa shape index (κ1) is 27.7. The topological polar surface area (TPSA) is 86.8 Å². The van der Waals surface area contributed by atoms with Crippen molar-refractivity contribution in [1.82, 2.24) is 10.3 Å². The Kier molecular flexibility index (Phi) is 8.76. The summed E-state index contributed by atoms with van der Waals surface area (Å²) in [6.07, 6.45) is 3.55. The van der Waals surface area contributed by atoms with Gasteiger partial charge in [-0.2, -0.15) is 0 Å². The summed E-state index contributed by atoms with van der Waals surface area (Å²) in [5.74, 6) is 4.86. The number of carbonyl (C=O) groups excluding carboxylic acids is 2. The molecule has 1 aromatic rings. The van der Waals surface area contributed by atoms with Gasteiger partial charge in [-0.05, 0) is 58.1 Å². The third-order valence-electron chi connectivity index (χ3n) is 5.27. The number of hydrogen-bond donors (Lipinski definition) is 1. The van der Waals surface area contributed by atoms with Crippen LogP contribution in [0, 0.1) is 24.7 Å². The van der Waals surface area contributed by atoms with E-state index in [0.717, 1.165) is 24.0 Å². The van der Waals surface area contributed by atoms with Crippen molar-refractivity contribution in [2.45, 2.75) is 111 Å². The molecular weight excluding hydrogens is 432 g/mol. The van der Waals surface area contributed by atoms with E-state index in [4.69, 9.17) is 14.2 Å². The number of pyridine rings is 1. The zero-order valence-corrected chi connectivity index (χ0v) is 22.1. The molecule has 1 N–H and O–H groups in total. The molecule has 1 fully saturated rings. The number of carbonyl (C=O) groups is 2. The zero-order valence-electron chi connectivity index (χ0n) is 22.1. The summed E-state index contributed by atoms with van der Waals surface area (Å²) in [5, 5.41) is 2.90. The van der Waals surface area contributed by atoms with E-state index < -0.39 is 35.1 Å². The van der Waals surface area contributed by atoms with E-state index in [-0.39, 0.29) is 12.3 Å². The molecule has 7 heteroatoms. The predicted molar refractivity (Wildman–Crippen MR) is 131 cm³/mol. The second-order valence-corrected chi connectivity index (χ2v) is 10.8. The van der Waals surface area contributed by atoms with E-state index in [0.29, 0.717) is 12.1 Å². The lowest BCUT2D eigenvalue weighted by Gasteiger charge is -2.36. The third-order valence-corrected chi connectivity index (χ3v) is 5.27. The van der Waals surface area contributed by atoms with Gasteiger partial charge in [0.25, 0.3) is 0 Å². The molecule has 0 aromatic carbocycles. The number of rotatable bonds is 7. The van der Waals surface area contributed by atoms with Crippen molar-refractivity contribution in [1.29, 1.82) is 0 Å². The van der Waals surface area contributed by atoms with Gasteiger partial charge in [-0.25, -0.2) is 9.59 Å². The Hall–Kier alpha value is -2.59. The largest absolute Gasteiger partial charge is 0.444 e. The standard InChI is InChI=1S/C27H40N2O5/c1-10-11-12-13-20-15-21(28-17-19(20)4)16-27(23(30)32-26(8,9)34-27)22(14-18(2)3)29-24(31)33-25(5,6)7/h15,17-18,22H,10-11,14,16H2,1-9H3,(H,29,31)/t22-,27+/m0/s1. The first-order valence-corrected chi connectivity index (χ1v) is 12.0. The second kappa shape index (κ2) is 10.8. The highest BCUT2D eigenvalue weighted by Gasteiger charge is 2.59. The van der Waals surface area contributed by atoms with E-state index in [2.05, 4.69) is 29.1 Å². The summed E-state index contributed by atoms with van der Waals surface area (Å²) in [7, 11) is 0. The number of amides is 1. The monoisotopic (exact) mass is 472 g/mol. The van der Waals surface area contributed by atoms with Crippen molar-refractivity contribution in [3.8, 4) is 11.8 Å². The normalized spacial score (nSPS) is 20.4. The van der Waals surface area contributed by atoms with E-state index in [1.54, 1.807) is 40.8 Å². The van der Waals surface area contributed by atoms with Gasteiger partial charge in [-0.1, -0.05) is 32.6 Å². The van der Waals surface area contributed by atoms with Crippen LogP contribution >= 0.6 is 0 Å². The molecule has 34 heavy (non-hydrogen) atoms. The maximum Gasteiger partial charge on any atom is 0.407 e. The van der Waals surface area contributed by atoms with Crippen molar-refractivity contribution in [2.75, 3.05) is 0 Å². The van der Waals surface area contributed by atoms with Gasteiger partial charge in [-0.3, -0.25) is 4.98 Å². The molecule has 0 unspecified atom stereocenters. The lowest BCUT2D eigenvalue weighted by Crippen LogP contribution is -2.59. The maximum atomic E-state index is 13.4. The van der Waals surface area contributed by atoms with Crippen molar-refractivity contribution < 1.29 is 23.8 Å². The molecule has 1 aliphatic heterocycles. The fourth-order valence-corrected chi connectivity index (χ4v) is 3.89. The quantitative estimate of drug-likeness (QED) is 0.440. The number of hydrogen-bond acceptors (Lipinski definition) is 6. The van der Waals surface area contributed by atoms with Crippen LogP contribution < -0.4 is 5.32 Å². The summed E-state index contributed by atoms with van der Waals surface area (Å²) in [6.45, 7) is 16.8. The highest BCUT2D eigenvalue weighted by Crippen LogP contribution is 2.39. The molecule has 0 spiro atoms. The van der Waals surface area contributed by atoms with Crippen LogP contribution in [-0.2, 0) is 25.4 Å². The Morgan fingerprint density at radius 1 is 1.29 bits per heavy atom. The average molecular weight is 473 g/mol. The molecular formula is C27H40N2O5. The Morgan fingerprint density at radius 2 is 1.97 bits per heavy atom. The number of nitrogens with zero attached hydrogens (tertiary/aromatic N) is 1. The van der Waals surface area contributed by atoms with Crippen LogP contribution in [0.2, 0.25) is 0 Å².